The Morgan fingerprint density at radius 2 is 1.96 bits per heavy atom. The number of carbonyl (C=O) groups is 1. The normalized spacial score (nSPS) is 12.8. The summed E-state index contributed by atoms with van der Waals surface area (Å²) in [5, 5.41) is 3.12. The Labute approximate surface area is 144 Å². The molecule has 0 spiro atoms. The highest BCUT2D eigenvalue weighted by Crippen LogP contribution is 2.31. The molecule has 7 heteroatoms. The van der Waals surface area contributed by atoms with E-state index in [2.05, 4.69) is 10.3 Å². The number of hydrogen-bond donors (Lipinski definition) is 2. The molecule has 1 aromatic carbocycles. The van der Waals surface area contributed by atoms with Crippen LogP contribution in [-0.4, -0.2) is 16.9 Å². The quantitative estimate of drug-likeness (QED) is 0.804. The fourth-order valence-corrected chi connectivity index (χ4v) is 2.44. The number of carbonyl (C=O) groups excluding carboxylic acids is 1. The van der Waals surface area contributed by atoms with Crippen LogP contribution < -0.4 is 11.1 Å². The zero-order valence-corrected chi connectivity index (χ0v) is 13.8. The summed E-state index contributed by atoms with van der Waals surface area (Å²) in [6.45, 7) is 2.07. The minimum atomic E-state index is -4.35. The summed E-state index contributed by atoms with van der Waals surface area (Å²) in [5.41, 5.74) is 5.90. The molecular formula is C18H20F3N3O. The SMILES string of the molecule is CC(CCc1ccc(C(N)=O)nc1)NCc1ccccc1C(F)(F)F. The van der Waals surface area contributed by atoms with E-state index in [0.717, 1.165) is 18.1 Å². The van der Waals surface area contributed by atoms with Crippen molar-refractivity contribution in [2.75, 3.05) is 0 Å². The van der Waals surface area contributed by atoms with Gasteiger partial charge in [-0.05, 0) is 43.0 Å². The minimum absolute atomic E-state index is 0.0251. The van der Waals surface area contributed by atoms with Crippen LogP contribution in [0.25, 0.3) is 0 Å². The minimum Gasteiger partial charge on any atom is -0.364 e. The van der Waals surface area contributed by atoms with Gasteiger partial charge in [0.15, 0.2) is 0 Å². The van der Waals surface area contributed by atoms with Crippen molar-refractivity contribution in [1.82, 2.24) is 10.3 Å². The number of pyridine rings is 1. The fourth-order valence-electron chi connectivity index (χ4n) is 2.44. The largest absolute Gasteiger partial charge is 0.416 e. The molecule has 1 heterocycles. The average Bonchev–Trinajstić information content (AvgIpc) is 2.58. The lowest BCUT2D eigenvalue weighted by atomic mass is 10.0. The van der Waals surface area contributed by atoms with Gasteiger partial charge in [0.1, 0.15) is 5.69 Å². The van der Waals surface area contributed by atoms with Crippen molar-refractivity contribution < 1.29 is 18.0 Å². The number of alkyl halides is 3. The number of amides is 1. The Hall–Kier alpha value is -2.41. The molecule has 1 unspecified atom stereocenters. The maximum absolute atomic E-state index is 13.0. The van der Waals surface area contributed by atoms with E-state index >= 15 is 0 Å². The smallest absolute Gasteiger partial charge is 0.364 e. The Morgan fingerprint density at radius 1 is 1.24 bits per heavy atom. The molecule has 1 amide bonds. The van der Waals surface area contributed by atoms with Gasteiger partial charge in [0.05, 0.1) is 5.56 Å². The summed E-state index contributed by atoms with van der Waals surface area (Å²) in [7, 11) is 0. The molecule has 4 nitrogen and oxygen atoms in total. The molecule has 0 bridgehead atoms. The van der Waals surface area contributed by atoms with Gasteiger partial charge in [-0.15, -0.1) is 0 Å². The summed E-state index contributed by atoms with van der Waals surface area (Å²) in [5.74, 6) is -0.579. The maximum Gasteiger partial charge on any atom is 0.416 e. The highest BCUT2D eigenvalue weighted by molar-refractivity contribution is 5.90. The van der Waals surface area contributed by atoms with Gasteiger partial charge in [0.25, 0.3) is 5.91 Å². The molecule has 0 fully saturated rings. The maximum atomic E-state index is 13.0. The average molecular weight is 351 g/mol. The molecule has 1 aromatic heterocycles. The first-order chi connectivity index (χ1) is 11.8. The van der Waals surface area contributed by atoms with Gasteiger partial charge in [0, 0.05) is 18.8 Å². The summed E-state index contributed by atoms with van der Waals surface area (Å²) in [4.78, 5) is 14.9. The summed E-state index contributed by atoms with van der Waals surface area (Å²) < 4.78 is 38.9. The third-order valence-corrected chi connectivity index (χ3v) is 3.91. The first-order valence-electron chi connectivity index (χ1n) is 7.90. The zero-order chi connectivity index (χ0) is 18.4. The molecule has 0 radical (unpaired) electrons. The third-order valence-electron chi connectivity index (χ3n) is 3.91. The first-order valence-corrected chi connectivity index (χ1v) is 7.90. The predicted molar refractivity (Wildman–Crippen MR) is 88.8 cm³/mol. The second kappa shape index (κ2) is 8.11. The molecule has 2 rings (SSSR count). The van der Waals surface area contributed by atoms with Crippen LogP contribution in [-0.2, 0) is 19.1 Å². The highest BCUT2D eigenvalue weighted by atomic mass is 19.4. The van der Waals surface area contributed by atoms with E-state index in [4.69, 9.17) is 5.73 Å². The van der Waals surface area contributed by atoms with Crippen molar-refractivity contribution in [2.24, 2.45) is 5.73 Å². The molecule has 2 aromatic rings. The number of primary amides is 1. The lowest BCUT2D eigenvalue weighted by molar-refractivity contribution is -0.138. The van der Waals surface area contributed by atoms with Crippen LogP contribution in [0.1, 0.15) is 40.5 Å². The van der Waals surface area contributed by atoms with Gasteiger partial charge in [-0.25, -0.2) is 0 Å². The van der Waals surface area contributed by atoms with Gasteiger partial charge < -0.3 is 11.1 Å². The molecule has 0 saturated carbocycles. The number of rotatable bonds is 7. The standard InChI is InChI=1S/C18H20F3N3O/c1-12(6-7-13-8-9-16(17(22)25)24-10-13)23-11-14-4-2-3-5-15(14)18(19,20)21/h2-5,8-10,12,23H,6-7,11H2,1H3,(H2,22,25). The Morgan fingerprint density at radius 3 is 2.56 bits per heavy atom. The van der Waals surface area contributed by atoms with Crippen molar-refractivity contribution in [2.45, 2.75) is 38.5 Å². The molecule has 134 valence electrons. The lowest BCUT2D eigenvalue weighted by Gasteiger charge is -2.17. The summed E-state index contributed by atoms with van der Waals surface area (Å²) >= 11 is 0. The Kier molecular flexibility index (Phi) is 6.14. The van der Waals surface area contributed by atoms with E-state index in [-0.39, 0.29) is 23.8 Å². The van der Waals surface area contributed by atoms with Crippen molar-refractivity contribution in [3.05, 3.63) is 65.0 Å². The summed E-state index contributed by atoms with van der Waals surface area (Å²) in [6, 6.07) is 8.93. The number of nitrogens with two attached hydrogens (primary N) is 1. The number of nitrogens with one attached hydrogen (secondary N) is 1. The molecule has 0 aliphatic heterocycles. The Balaban J connectivity index is 1.87. The van der Waals surface area contributed by atoms with Crippen LogP contribution in [0.15, 0.2) is 42.6 Å². The topological polar surface area (TPSA) is 68.0 Å². The van der Waals surface area contributed by atoms with Crippen LogP contribution >= 0.6 is 0 Å². The van der Waals surface area contributed by atoms with Crippen molar-refractivity contribution in [1.29, 1.82) is 0 Å². The number of halogens is 3. The lowest BCUT2D eigenvalue weighted by Crippen LogP contribution is -2.27. The van der Waals surface area contributed by atoms with Crippen LogP contribution in [0.5, 0.6) is 0 Å². The number of aryl methyl sites for hydroxylation is 1. The molecular weight excluding hydrogens is 331 g/mol. The Bertz CT molecular complexity index is 714. The predicted octanol–water partition coefficient (Wildman–Crippen LogP) is 3.31. The van der Waals surface area contributed by atoms with Gasteiger partial charge in [0.2, 0.25) is 0 Å². The van der Waals surface area contributed by atoms with E-state index in [1.165, 1.54) is 12.1 Å². The van der Waals surface area contributed by atoms with E-state index in [9.17, 15) is 18.0 Å². The third kappa shape index (κ3) is 5.56. The van der Waals surface area contributed by atoms with E-state index in [0.29, 0.717) is 6.42 Å². The monoisotopic (exact) mass is 351 g/mol. The van der Waals surface area contributed by atoms with Crippen LogP contribution in [0.4, 0.5) is 13.2 Å². The van der Waals surface area contributed by atoms with Gasteiger partial charge in [-0.3, -0.25) is 9.78 Å². The van der Waals surface area contributed by atoms with Crippen molar-refractivity contribution in [3.8, 4) is 0 Å². The number of benzene rings is 1. The number of nitrogens with zero attached hydrogens (tertiary/aromatic N) is 1. The van der Waals surface area contributed by atoms with E-state index in [1.54, 1.807) is 24.4 Å². The second-order valence-electron chi connectivity index (χ2n) is 5.89. The molecule has 0 aliphatic carbocycles. The number of hydrogen-bond acceptors (Lipinski definition) is 3. The number of aromatic nitrogens is 1. The van der Waals surface area contributed by atoms with Crippen molar-refractivity contribution in [3.63, 3.8) is 0 Å². The highest BCUT2D eigenvalue weighted by Gasteiger charge is 2.32. The van der Waals surface area contributed by atoms with Gasteiger partial charge in [-0.1, -0.05) is 24.3 Å². The van der Waals surface area contributed by atoms with Gasteiger partial charge in [-0.2, -0.15) is 13.2 Å². The van der Waals surface area contributed by atoms with Crippen molar-refractivity contribution >= 4 is 5.91 Å². The molecule has 0 saturated heterocycles. The van der Waals surface area contributed by atoms with Gasteiger partial charge >= 0.3 is 6.18 Å². The molecule has 0 aliphatic rings. The van der Waals surface area contributed by atoms with E-state index in [1.807, 2.05) is 6.92 Å². The fraction of sp³-hybridized carbons (Fsp3) is 0.333. The van der Waals surface area contributed by atoms with Crippen LogP contribution in [0, 0.1) is 0 Å². The summed E-state index contributed by atoms with van der Waals surface area (Å²) in [6.07, 6.45) is -1.34. The molecule has 3 N–H and O–H groups in total. The zero-order valence-electron chi connectivity index (χ0n) is 13.8. The second-order valence-corrected chi connectivity index (χ2v) is 5.89. The van der Waals surface area contributed by atoms with Crippen LogP contribution in [0.3, 0.4) is 0 Å². The molecule has 1 atom stereocenters. The first kappa shape index (κ1) is 18.9. The van der Waals surface area contributed by atoms with E-state index < -0.39 is 17.6 Å². The van der Waals surface area contributed by atoms with Crippen LogP contribution in [0.2, 0.25) is 0 Å². The molecule has 25 heavy (non-hydrogen) atoms.